The maximum absolute atomic E-state index is 9.13. The predicted octanol–water partition coefficient (Wildman–Crippen LogP) is 3.94. The first kappa shape index (κ1) is 10.4. The highest BCUT2D eigenvalue weighted by Gasteiger charge is 2.28. The zero-order chi connectivity index (χ0) is 11.1. The van der Waals surface area contributed by atoms with Crippen molar-refractivity contribution in [3.8, 4) is 6.07 Å². The number of allylic oxidation sites excluding steroid dienone is 2. The number of benzene rings is 1. The van der Waals surface area contributed by atoms with Crippen LogP contribution >= 0.6 is 15.9 Å². The second kappa shape index (κ2) is 3.50. The van der Waals surface area contributed by atoms with Crippen LogP contribution in [0, 0.1) is 16.7 Å². The molecule has 1 aliphatic rings. The second-order valence-corrected chi connectivity index (χ2v) is 5.28. The monoisotopic (exact) mass is 261 g/mol. The molecular formula is C13H12BrN. The molecule has 0 saturated carbocycles. The second-order valence-electron chi connectivity index (χ2n) is 4.36. The molecule has 0 aromatic heterocycles. The molecule has 0 amide bonds. The summed E-state index contributed by atoms with van der Waals surface area (Å²) in [5.74, 6) is 0. The van der Waals surface area contributed by atoms with E-state index in [1.807, 2.05) is 19.9 Å². The molecule has 0 fully saturated rings. The quantitative estimate of drug-likeness (QED) is 0.752. The summed E-state index contributed by atoms with van der Waals surface area (Å²) in [6.45, 7) is 3.94. The maximum Gasteiger partial charge on any atom is 0.0769 e. The van der Waals surface area contributed by atoms with Crippen LogP contribution in [-0.4, -0.2) is 0 Å². The Morgan fingerprint density at radius 1 is 1.40 bits per heavy atom. The molecule has 0 unspecified atom stereocenters. The summed E-state index contributed by atoms with van der Waals surface area (Å²) in [5.41, 5.74) is 3.30. The predicted molar refractivity (Wildman–Crippen MR) is 65.2 cm³/mol. The lowest BCUT2D eigenvalue weighted by Crippen LogP contribution is -2.09. The van der Waals surface area contributed by atoms with Gasteiger partial charge >= 0.3 is 0 Å². The fourth-order valence-electron chi connectivity index (χ4n) is 1.97. The molecule has 0 bridgehead atoms. The summed E-state index contributed by atoms with van der Waals surface area (Å²) in [5, 5.41) is 9.13. The van der Waals surface area contributed by atoms with Crippen LogP contribution in [0.4, 0.5) is 0 Å². The minimum atomic E-state index is -0.390. The van der Waals surface area contributed by atoms with Gasteiger partial charge in [-0.15, -0.1) is 0 Å². The van der Waals surface area contributed by atoms with Gasteiger partial charge in [0.15, 0.2) is 0 Å². The van der Waals surface area contributed by atoms with E-state index in [0.29, 0.717) is 0 Å². The number of hydrogen-bond donors (Lipinski definition) is 0. The van der Waals surface area contributed by atoms with Crippen LogP contribution in [0.15, 0.2) is 28.7 Å². The summed E-state index contributed by atoms with van der Waals surface area (Å²) >= 11 is 3.46. The molecule has 76 valence electrons. The lowest BCUT2D eigenvalue weighted by molar-refractivity contribution is 0.669. The Kier molecular flexibility index (Phi) is 2.44. The molecule has 0 spiro atoms. The average molecular weight is 262 g/mol. The van der Waals surface area contributed by atoms with Crippen molar-refractivity contribution >= 4 is 21.5 Å². The SMILES string of the molecule is CC(C)(C#N)C1=CCc2cc(Br)ccc21. The molecule has 15 heavy (non-hydrogen) atoms. The minimum absolute atomic E-state index is 0.390. The van der Waals surface area contributed by atoms with Crippen LogP contribution in [0.3, 0.4) is 0 Å². The van der Waals surface area contributed by atoms with E-state index in [2.05, 4.69) is 40.2 Å². The van der Waals surface area contributed by atoms with Crippen molar-refractivity contribution in [2.75, 3.05) is 0 Å². The molecule has 2 heteroatoms. The number of halogens is 1. The molecular weight excluding hydrogens is 250 g/mol. The molecule has 0 saturated heterocycles. The fourth-order valence-corrected chi connectivity index (χ4v) is 2.38. The van der Waals surface area contributed by atoms with Gasteiger partial charge in [0, 0.05) is 4.47 Å². The first-order valence-electron chi connectivity index (χ1n) is 4.95. The standard InChI is InChI=1S/C13H12BrN/c1-13(2,8-15)12-6-3-9-7-10(14)4-5-11(9)12/h4-7H,3H2,1-2H3. The first-order chi connectivity index (χ1) is 7.04. The molecule has 0 heterocycles. The fraction of sp³-hybridized carbons (Fsp3) is 0.308. The Hall–Kier alpha value is -1.07. The van der Waals surface area contributed by atoms with Gasteiger partial charge in [-0.3, -0.25) is 0 Å². The highest BCUT2D eigenvalue weighted by Crippen LogP contribution is 2.40. The van der Waals surface area contributed by atoms with Crippen LogP contribution in [-0.2, 0) is 6.42 Å². The van der Waals surface area contributed by atoms with E-state index in [1.54, 1.807) is 0 Å². The Labute approximate surface area is 98.6 Å². The third-order valence-electron chi connectivity index (χ3n) is 2.84. The van der Waals surface area contributed by atoms with E-state index >= 15 is 0 Å². The first-order valence-corrected chi connectivity index (χ1v) is 5.74. The number of nitrogens with zero attached hydrogens (tertiary/aromatic N) is 1. The zero-order valence-electron chi connectivity index (χ0n) is 8.84. The van der Waals surface area contributed by atoms with Crippen molar-refractivity contribution in [1.82, 2.24) is 0 Å². The van der Waals surface area contributed by atoms with Gasteiger partial charge in [0.1, 0.15) is 0 Å². The third kappa shape index (κ3) is 1.72. The summed E-state index contributed by atoms with van der Waals surface area (Å²) in [6.07, 6.45) is 3.11. The highest BCUT2D eigenvalue weighted by atomic mass is 79.9. The van der Waals surface area contributed by atoms with Gasteiger partial charge in [-0.2, -0.15) is 5.26 Å². The number of fused-ring (bicyclic) bond motifs is 1. The molecule has 2 rings (SSSR count). The molecule has 0 N–H and O–H groups in total. The molecule has 0 atom stereocenters. The van der Waals surface area contributed by atoms with Crippen molar-refractivity contribution in [2.24, 2.45) is 5.41 Å². The van der Waals surface area contributed by atoms with Gasteiger partial charge in [-0.05, 0) is 49.1 Å². The summed E-state index contributed by atoms with van der Waals surface area (Å²) in [4.78, 5) is 0. The zero-order valence-corrected chi connectivity index (χ0v) is 10.4. The van der Waals surface area contributed by atoms with Crippen molar-refractivity contribution in [1.29, 1.82) is 5.26 Å². The molecule has 1 aromatic carbocycles. The van der Waals surface area contributed by atoms with Crippen molar-refractivity contribution in [3.63, 3.8) is 0 Å². The number of nitriles is 1. The van der Waals surface area contributed by atoms with E-state index < -0.39 is 0 Å². The van der Waals surface area contributed by atoms with Gasteiger partial charge in [0.2, 0.25) is 0 Å². The van der Waals surface area contributed by atoms with Crippen LogP contribution in [0.25, 0.3) is 5.57 Å². The lowest BCUT2D eigenvalue weighted by Gasteiger charge is -2.18. The van der Waals surface area contributed by atoms with Crippen LogP contribution in [0.1, 0.15) is 25.0 Å². The molecule has 1 aromatic rings. The highest BCUT2D eigenvalue weighted by molar-refractivity contribution is 9.10. The largest absolute Gasteiger partial charge is 0.197 e. The van der Waals surface area contributed by atoms with Crippen molar-refractivity contribution in [3.05, 3.63) is 39.9 Å². The van der Waals surface area contributed by atoms with Crippen LogP contribution < -0.4 is 0 Å². The Bertz CT molecular complexity index is 478. The maximum atomic E-state index is 9.13. The molecule has 0 radical (unpaired) electrons. The summed E-state index contributed by atoms with van der Waals surface area (Å²) < 4.78 is 1.10. The van der Waals surface area contributed by atoms with Gasteiger partial charge in [0.05, 0.1) is 11.5 Å². The summed E-state index contributed by atoms with van der Waals surface area (Å²) in [7, 11) is 0. The average Bonchev–Trinajstić information content (AvgIpc) is 2.61. The van der Waals surface area contributed by atoms with Crippen molar-refractivity contribution in [2.45, 2.75) is 20.3 Å². The third-order valence-corrected chi connectivity index (χ3v) is 3.33. The van der Waals surface area contributed by atoms with E-state index in [1.165, 1.54) is 11.1 Å². The Morgan fingerprint density at radius 3 is 2.80 bits per heavy atom. The van der Waals surface area contributed by atoms with E-state index in [4.69, 9.17) is 5.26 Å². The van der Waals surface area contributed by atoms with Gasteiger partial charge in [-0.25, -0.2) is 0 Å². The lowest BCUT2D eigenvalue weighted by atomic mass is 9.83. The number of rotatable bonds is 1. The molecule has 1 aliphatic carbocycles. The molecule has 0 aliphatic heterocycles. The Balaban J connectivity index is 2.49. The van der Waals surface area contributed by atoms with Crippen LogP contribution in [0.2, 0.25) is 0 Å². The normalized spacial score (nSPS) is 14.4. The smallest absolute Gasteiger partial charge is 0.0769 e. The topological polar surface area (TPSA) is 23.8 Å². The van der Waals surface area contributed by atoms with Gasteiger partial charge in [0.25, 0.3) is 0 Å². The van der Waals surface area contributed by atoms with E-state index in [0.717, 1.165) is 16.5 Å². The van der Waals surface area contributed by atoms with E-state index in [9.17, 15) is 0 Å². The Morgan fingerprint density at radius 2 is 2.13 bits per heavy atom. The number of hydrogen-bond acceptors (Lipinski definition) is 1. The minimum Gasteiger partial charge on any atom is -0.197 e. The van der Waals surface area contributed by atoms with Gasteiger partial charge < -0.3 is 0 Å². The van der Waals surface area contributed by atoms with Gasteiger partial charge in [-0.1, -0.05) is 28.1 Å². The van der Waals surface area contributed by atoms with Crippen LogP contribution in [0.5, 0.6) is 0 Å². The van der Waals surface area contributed by atoms with E-state index in [-0.39, 0.29) is 5.41 Å². The van der Waals surface area contributed by atoms with Crippen molar-refractivity contribution < 1.29 is 0 Å². The molecule has 1 nitrogen and oxygen atoms in total. The summed E-state index contributed by atoms with van der Waals surface area (Å²) in [6, 6.07) is 8.62.